The number of rotatable bonds is 6. The molecule has 0 spiro atoms. The van der Waals surface area contributed by atoms with E-state index < -0.39 is 17.5 Å². The fraction of sp³-hybridized carbons (Fsp3) is 0.100. The van der Waals surface area contributed by atoms with Crippen LogP contribution in [0.5, 0.6) is 11.5 Å². The van der Waals surface area contributed by atoms with Crippen molar-refractivity contribution in [1.82, 2.24) is 4.98 Å². The molecule has 3 aromatic rings. The molecule has 0 aliphatic rings. The second-order valence-electron chi connectivity index (χ2n) is 5.74. The molecule has 1 heterocycles. The van der Waals surface area contributed by atoms with Gasteiger partial charge in [-0.3, -0.25) is 9.78 Å². The Kier molecular flexibility index (Phi) is 5.69. The molecule has 28 heavy (non-hydrogen) atoms. The SMILES string of the molecule is COc1ccc(Nc2cncc(C(=O)Nc3ccc(F)c(F)c3)c2)c(OC)c1. The number of aromatic nitrogens is 1. The van der Waals surface area contributed by atoms with E-state index in [2.05, 4.69) is 15.6 Å². The molecule has 0 atom stereocenters. The Bertz CT molecular complexity index is 1010. The molecule has 0 aliphatic carbocycles. The van der Waals surface area contributed by atoms with E-state index in [0.29, 0.717) is 22.9 Å². The second-order valence-corrected chi connectivity index (χ2v) is 5.74. The molecule has 2 N–H and O–H groups in total. The summed E-state index contributed by atoms with van der Waals surface area (Å²) < 4.78 is 36.8. The van der Waals surface area contributed by atoms with Gasteiger partial charge in [-0.05, 0) is 30.3 Å². The number of carbonyl (C=O) groups excluding carboxylic acids is 1. The van der Waals surface area contributed by atoms with Gasteiger partial charge >= 0.3 is 0 Å². The van der Waals surface area contributed by atoms with Crippen molar-refractivity contribution < 1.29 is 23.0 Å². The van der Waals surface area contributed by atoms with Crippen LogP contribution in [0.2, 0.25) is 0 Å². The van der Waals surface area contributed by atoms with Gasteiger partial charge in [-0.25, -0.2) is 8.78 Å². The maximum absolute atomic E-state index is 13.3. The molecule has 0 aliphatic heterocycles. The number of amides is 1. The van der Waals surface area contributed by atoms with Crippen LogP contribution in [0.15, 0.2) is 54.9 Å². The summed E-state index contributed by atoms with van der Waals surface area (Å²) in [5.74, 6) is -1.35. The van der Waals surface area contributed by atoms with Crippen LogP contribution in [0, 0.1) is 11.6 Å². The number of nitrogens with one attached hydrogen (secondary N) is 2. The minimum Gasteiger partial charge on any atom is -0.497 e. The van der Waals surface area contributed by atoms with Gasteiger partial charge in [0.1, 0.15) is 11.5 Å². The molecule has 0 fully saturated rings. The standard InChI is InChI=1S/C20H17F2N3O3/c1-27-15-4-6-18(19(9-15)28-2)24-14-7-12(10-23-11-14)20(26)25-13-3-5-16(21)17(22)8-13/h3-11,24H,1-2H3,(H,25,26). The summed E-state index contributed by atoms with van der Waals surface area (Å²) >= 11 is 0. The molecule has 6 nitrogen and oxygen atoms in total. The minimum atomic E-state index is -1.04. The van der Waals surface area contributed by atoms with Gasteiger partial charge in [0.15, 0.2) is 11.6 Å². The molecular formula is C20H17F2N3O3. The first-order valence-electron chi connectivity index (χ1n) is 8.20. The third-order valence-corrected chi connectivity index (χ3v) is 3.87. The van der Waals surface area contributed by atoms with Gasteiger partial charge in [0.05, 0.1) is 37.4 Å². The Morgan fingerprint density at radius 1 is 0.929 bits per heavy atom. The zero-order chi connectivity index (χ0) is 20.1. The van der Waals surface area contributed by atoms with Gasteiger partial charge in [-0.2, -0.15) is 0 Å². The summed E-state index contributed by atoms with van der Waals surface area (Å²) in [6.07, 6.45) is 2.91. The third kappa shape index (κ3) is 4.35. The van der Waals surface area contributed by atoms with E-state index in [9.17, 15) is 13.6 Å². The monoisotopic (exact) mass is 385 g/mol. The number of methoxy groups -OCH3 is 2. The fourth-order valence-corrected chi connectivity index (χ4v) is 2.47. The zero-order valence-electron chi connectivity index (χ0n) is 15.1. The van der Waals surface area contributed by atoms with Gasteiger partial charge < -0.3 is 20.1 Å². The molecular weight excluding hydrogens is 368 g/mol. The number of pyridine rings is 1. The first kappa shape index (κ1) is 19.1. The van der Waals surface area contributed by atoms with Crippen molar-refractivity contribution in [3.05, 3.63) is 72.1 Å². The normalized spacial score (nSPS) is 10.3. The van der Waals surface area contributed by atoms with E-state index in [1.165, 1.54) is 25.6 Å². The molecule has 0 bridgehead atoms. The van der Waals surface area contributed by atoms with Crippen LogP contribution >= 0.6 is 0 Å². The molecule has 0 saturated carbocycles. The van der Waals surface area contributed by atoms with Crippen molar-refractivity contribution in [2.75, 3.05) is 24.9 Å². The maximum Gasteiger partial charge on any atom is 0.257 e. The number of nitrogens with zero attached hydrogens (tertiary/aromatic N) is 1. The van der Waals surface area contributed by atoms with Crippen LogP contribution < -0.4 is 20.1 Å². The lowest BCUT2D eigenvalue weighted by Gasteiger charge is -2.13. The van der Waals surface area contributed by atoms with Crippen molar-refractivity contribution >= 4 is 23.0 Å². The molecule has 1 aromatic heterocycles. The predicted molar refractivity (Wildman–Crippen MR) is 101 cm³/mol. The van der Waals surface area contributed by atoms with Gasteiger partial charge in [-0.1, -0.05) is 0 Å². The summed E-state index contributed by atoms with van der Waals surface area (Å²) in [6.45, 7) is 0. The average Bonchev–Trinajstić information content (AvgIpc) is 2.71. The lowest BCUT2D eigenvalue weighted by atomic mass is 10.2. The zero-order valence-corrected chi connectivity index (χ0v) is 15.1. The van der Waals surface area contributed by atoms with Crippen LogP contribution in [0.3, 0.4) is 0 Å². The summed E-state index contributed by atoms with van der Waals surface area (Å²) in [4.78, 5) is 16.4. The van der Waals surface area contributed by atoms with E-state index >= 15 is 0 Å². The summed E-state index contributed by atoms with van der Waals surface area (Å²) in [6, 6.07) is 9.95. The number of carbonyl (C=O) groups is 1. The Hall–Kier alpha value is -3.68. The number of ether oxygens (including phenoxy) is 2. The molecule has 8 heteroatoms. The highest BCUT2D eigenvalue weighted by Gasteiger charge is 2.11. The van der Waals surface area contributed by atoms with Gasteiger partial charge in [0, 0.05) is 24.0 Å². The Balaban J connectivity index is 1.78. The molecule has 0 unspecified atom stereocenters. The summed E-state index contributed by atoms with van der Waals surface area (Å²) in [5, 5.41) is 5.62. The number of hydrogen-bond donors (Lipinski definition) is 2. The van der Waals surface area contributed by atoms with Crippen molar-refractivity contribution in [3.63, 3.8) is 0 Å². The third-order valence-electron chi connectivity index (χ3n) is 3.87. The van der Waals surface area contributed by atoms with Gasteiger partial charge in [0.2, 0.25) is 0 Å². The van der Waals surface area contributed by atoms with Crippen LogP contribution in [-0.2, 0) is 0 Å². The number of hydrogen-bond acceptors (Lipinski definition) is 5. The van der Waals surface area contributed by atoms with E-state index in [1.54, 1.807) is 31.4 Å². The maximum atomic E-state index is 13.3. The number of anilines is 3. The molecule has 3 rings (SSSR count). The first-order valence-corrected chi connectivity index (χ1v) is 8.20. The molecule has 2 aromatic carbocycles. The highest BCUT2D eigenvalue weighted by Crippen LogP contribution is 2.31. The van der Waals surface area contributed by atoms with Crippen LogP contribution in [0.4, 0.5) is 25.8 Å². The highest BCUT2D eigenvalue weighted by atomic mass is 19.2. The highest BCUT2D eigenvalue weighted by molar-refractivity contribution is 6.04. The van der Waals surface area contributed by atoms with E-state index in [4.69, 9.17) is 9.47 Å². The quantitative estimate of drug-likeness (QED) is 0.659. The molecule has 0 radical (unpaired) electrons. The molecule has 0 saturated heterocycles. The summed E-state index contributed by atoms with van der Waals surface area (Å²) in [7, 11) is 3.09. The van der Waals surface area contributed by atoms with Crippen molar-refractivity contribution in [1.29, 1.82) is 0 Å². The first-order chi connectivity index (χ1) is 13.5. The van der Waals surface area contributed by atoms with E-state index in [1.807, 2.05) is 0 Å². The minimum absolute atomic E-state index is 0.138. The van der Waals surface area contributed by atoms with Crippen LogP contribution in [0.1, 0.15) is 10.4 Å². The van der Waals surface area contributed by atoms with Crippen molar-refractivity contribution in [2.45, 2.75) is 0 Å². The van der Waals surface area contributed by atoms with Crippen LogP contribution in [-0.4, -0.2) is 25.1 Å². The Morgan fingerprint density at radius 2 is 1.75 bits per heavy atom. The fourth-order valence-electron chi connectivity index (χ4n) is 2.47. The van der Waals surface area contributed by atoms with Crippen molar-refractivity contribution in [3.8, 4) is 11.5 Å². The Labute approximate surface area is 160 Å². The lowest BCUT2D eigenvalue weighted by molar-refractivity contribution is 0.102. The predicted octanol–water partition coefficient (Wildman–Crippen LogP) is 4.37. The summed E-state index contributed by atoms with van der Waals surface area (Å²) in [5.41, 5.74) is 1.57. The smallest absolute Gasteiger partial charge is 0.257 e. The number of benzene rings is 2. The van der Waals surface area contributed by atoms with Crippen molar-refractivity contribution in [2.24, 2.45) is 0 Å². The molecule has 144 valence electrons. The second kappa shape index (κ2) is 8.34. The number of halogens is 2. The van der Waals surface area contributed by atoms with Crippen LogP contribution in [0.25, 0.3) is 0 Å². The van der Waals surface area contributed by atoms with E-state index in [0.717, 1.165) is 12.1 Å². The average molecular weight is 385 g/mol. The van der Waals surface area contributed by atoms with E-state index in [-0.39, 0.29) is 11.3 Å². The lowest BCUT2D eigenvalue weighted by Crippen LogP contribution is -2.13. The Morgan fingerprint density at radius 3 is 2.46 bits per heavy atom. The largest absolute Gasteiger partial charge is 0.497 e. The van der Waals surface area contributed by atoms with Gasteiger partial charge in [-0.15, -0.1) is 0 Å². The molecule has 1 amide bonds. The topological polar surface area (TPSA) is 72.5 Å². The van der Waals surface area contributed by atoms with Gasteiger partial charge in [0.25, 0.3) is 5.91 Å².